The quantitative estimate of drug-likeness (QED) is 0.878. The molecule has 3 rings (SSSR count). The number of carbonyl (C=O) groups excluding carboxylic acids is 2. The van der Waals surface area contributed by atoms with Gasteiger partial charge in [-0.05, 0) is 58.2 Å². The third-order valence-electron chi connectivity index (χ3n) is 4.56. The SMILES string of the molecule is CC(C)(C)OC(=O)NC[C@@H]1CCCCN1C(=O)c1ccc2c(c1)OCCO2. The Morgan fingerprint density at radius 2 is 1.93 bits per heavy atom. The zero-order valence-corrected chi connectivity index (χ0v) is 16.2. The van der Waals surface area contributed by atoms with Crippen molar-refractivity contribution in [2.75, 3.05) is 26.3 Å². The molecule has 2 aliphatic rings. The number of amides is 2. The lowest BCUT2D eigenvalue weighted by Crippen LogP contribution is -2.50. The summed E-state index contributed by atoms with van der Waals surface area (Å²) in [6, 6.07) is 5.23. The van der Waals surface area contributed by atoms with Crippen LogP contribution < -0.4 is 14.8 Å². The topological polar surface area (TPSA) is 77.1 Å². The molecule has 2 heterocycles. The van der Waals surface area contributed by atoms with Crippen molar-refractivity contribution in [3.8, 4) is 11.5 Å². The number of carbonyl (C=O) groups is 2. The summed E-state index contributed by atoms with van der Waals surface area (Å²) in [5, 5.41) is 2.80. The number of fused-ring (bicyclic) bond motifs is 1. The molecule has 148 valence electrons. The minimum atomic E-state index is -0.544. The predicted octanol–water partition coefficient (Wildman–Crippen LogP) is 2.98. The molecule has 1 aromatic carbocycles. The molecule has 1 atom stereocenters. The number of rotatable bonds is 3. The first kappa shape index (κ1) is 19.3. The van der Waals surface area contributed by atoms with E-state index in [1.54, 1.807) is 18.2 Å². The van der Waals surface area contributed by atoms with Crippen molar-refractivity contribution in [1.82, 2.24) is 10.2 Å². The molecule has 0 bridgehead atoms. The normalized spacial score (nSPS) is 19.4. The summed E-state index contributed by atoms with van der Waals surface area (Å²) >= 11 is 0. The lowest BCUT2D eigenvalue weighted by molar-refractivity contribution is 0.0462. The van der Waals surface area contributed by atoms with Crippen molar-refractivity contribution in [1.29, 1.82) is 0 Å². The third-order valence-corrected chi connectivity index (χ3v) is 4.56. The van der Waals surface area contributed by atoms with Crippen LogP contribution in [0.3, 0.4) is 0 Å². The van der Waals surface area contributed by atoms with Gasteiger partial charge in [0.05, 0.1) is 0 Å². The second kappa shape index (κ2) is 8.06. The van der Waals surface area contributed by atoms with Gasteiger partial charge in [0.1, 0.15) is 18.8 Å². The fourth-order valence-corrected chi connectivity index (χ4v) is 3.34. The average Bonchev–Trinajstić information content (AvgIpc) is 2.64. The summed E-state index contributed by atoms with van der Waals surface area (Å²) in [5.41, 5.74) is 0.0283. The Morgan fingerprint density at radius 1 is 1.19 bits per heavy atom. The average molecular weight is 376 g/mol. The zero-order valence-electron chi connectivity index (χ0n) is 16.2. The standard InChI is InChI=1S/C20H28N2O5/c1-20(2,3)27-19(24)21-13-15-6-4-5-9-22(15)18(23)14-7-8-16-17(12-14)26-11-10-25-16/h7-8,12,15H,4-6,9-11,13H2,1-3H3,(H,21,24)/t15-/m0/s1. The van der Waals surface area contributed by atoms with Crippen LogP contribution in [0.5, 0.6) is 11.5 Å². The minimum Gasteiger partial charge on any atom is -0.486 e. The predicted molar refractivity (Wildman–Crippen MR) is 100 cm³/mol. The minimum absolute atomic E-state index is 0.0491. The molecule has 0 aromatic heterocycles. The first-order valence-corrected chi connectivity index (χ1v) is 9.51. The maximum atomic E-state index is 13.1. The fourth-order valence-electron chi connectivity index (χ4n) is 3.34. The summed E-state index contributed by atoms with van der Waals surface area (Å²) in [7, 11) is 0. The number of ether oxygens (including phenoxy) is 3. The number of alkyl carbamates (subject to hydrolysis) is 1. The molecule has 0 saturated carbocycles. The van der Waals surface area contributed by atoms with Crippen LogP contribution in [0.25, 0.3) is 0 Å². The van der Waals surface area contributed by atoms with Crippen LogP contribution in [-0.2, 0) is 4.74 Å². The Balaban J connectivity index is 1.66. The molecule has 1 saturated heterocycles. The van der Waals surface area contributed by atoms with Gasteiger partial charge in [-0.15, -0.1) is 0 Å². The van der Waals surface area contributed by atoms with Gasteiger partial charge in [0.25, 0.3) is 5.91 Å². The molecule has 7 nitrogen and oxygen atoms in total. The Morgan fingerprint density at radius 3 is 2.67 bits per heavy atom. The summed E-state index contributed by atoms with van der Waals surface area (Å²) in [6.07, 6.45) is 2.39. The van der Waals surface area contributed by atoms with Crippen LogP contribution in [0.4, 0.5) is 4.79 Å². The highest BCUT2D eigenvalue weighted by molar-refractivity contribution is 5.95. The summed E-state index contributed by atoms with van der Waals surface area (Å²) in [4.78, 5) is 26.8. The molecule has 2 aliphatic heterocycles. The molecule has 0 radical (unpaired) electrons. The molecule has 27 heavy (non-hydrogen) atoms. The summed E-state index contributed by atoms with van der Waals surface area (Å²) in [6.45, 7) is 7.53. The molecule has 1 aromatic rings. The Bertz CT molecular complexity index is 698. The van der Waals surface area contributed by atoms with Crippen molar-refractivity contribution in [2.24, 2.45) is 0 Å². The third kappa shape index (κ3) is 5.05. The van der Waals surface area contributed by atoms with Gasteiger partial charge in [-0.25, -0.2) is 4.79 Å². The molecule has 2 amide bonds. The van der Waals surface area contributed by atoms with Crippen molar-refractivity contribution in [3.63, 3.8) is 0 Å². The number of benzene rings is 1. The van der Waals surface area contributed by atoms with E-state index in [1.807, 2.05) is 25.7 Å². The molecule has 0 aliphatic carbocycles. The number of likely N-dealkylation sites (tertiary alicyclic amines) is 1. The van der Waals surface area contributed by atoms with Gasteiger partial charge in [-0.3, -0.25) is 4.79 Å². The van der Waals surface area contributed by atoms with Crippen LogP contribution in [-0.4, -0.2) is 54.8 Å². The highest BCUT2D eigenvalue weighted by Crippen LogP contribution is 2.31. The van der Waals surface area contributed by atoms with Crippen LogP contribution >= 0.6 is 0 Å². The van der Waals surface area contributed by atoms with Gasteiger partial charge in [0, 0.05) is 24.7 Å². The molecule has 0 spiro atoms. The largest absolute Gasteiger partial charge is 0.486 e. The van der Waals surface area contributed by atoms with Crippen LogP contribution in [0, 0.1) is 0 Å². The molecular weight excluding hydrogens is 348 g/mol. The van der Waals surface area contributed by atoms with Crippen molar-refractivity contribution >= 4 is 12.0 Å². The van der Waals surface area contributed by atoms with Gasteiger partial charge in [0.15, 0.2) is 11.5 Å². The van der Waals surface area contributed by atoms with Crippen LogP contribution in [0.15, 0.2) is 18.2 Å². The number of nitrogens with zero attached hydrogens (tertiary/aromatic N) is 1. The van der Waals surface area contributed by atoms with Crippen molar-refractivity contribution in [2.45, 2.75) is 51.7 Å². The maximum Gasteiger partial charge on any atom is 0.407 e. The first-order chi connectivity index (χ1) is 12.8. The van der Waals surface area contributed by atoms with Gasteiger partial charge in [-0.1, -0.05) is 0 Å². The maximum absolute atomic E-state index is 13.1. The number of hydrogen-bond acceptors (Lipinski definition) is 5. The van der Waals surface area contributed by atoms with Crippen molar-refractivity contribution in [3.05, 3.63) is 23.8 Å². The van der Waals surface area contributed by atoms with E-state index in [1.165, 1.54) is 0 Å². The Labute approximate surface area is 160 Å². The molecule has 1 fully saturated rings. The van der Waals surface area contributed by atoms with E-state index in [2.05, 4.69) is 5.32 Å². The van der Waals surface area contributed by atoms with Gasteiger partial charge in [-0.2, -0.15) is 0 Å². The smallest absolute Gasteiger partial charge is 0.407 e. The van der Waals surface area contributed by atoms with Gasteiger partial charge >= 0.3 is 6.09 Å². The highest BCUT2D eigenvalue weighted by Gasteiger charge is 2.29. The summed E-state index contributed by atoms with van der Waals surface area (Å²) in [5.74, 6) is 1.22. The van der Waals surface area contributed by atoms with E-state index in [-0.39, 0.29) is 11.9 Å². The van der Waals surface area contributed by atoms with E-state index in [4.69, 9.17) is 14.2 Å². The van der Waals surface area contributed by atoms with Crippen LogP contribution in [0.2, 0.25) is 0 Å². The second-order valence-electron chi connectivity index (χ2n) is 7.89. The second-order valence-corrected chi connectivity index (χ2v) is 7.89. The van der Waals surface area contributed by atoms with E-state index in [0.29, 0.717) is 43.4 Å². The fraction of sp³-hybridized carbons (Fsp3) is 0.600. The first-order valence-electron chi connectivity index (χ1n) is 9.51. The van der Waals surface area contributed by atoms with Crippen LogP contribution in [0.1, 0.15) is 50.4 Å². The highest BCUT2D eigenvalue weighted by atomic mass is 16.6. The molecule has 0 unspecified atom stereocenters. The lowest BCUT2D eigenvalue weighted by Gasteiger charge is -2.36. The van der Waals surface area contributed by atoms with E-state index >= 15 is 0 Å². The van der Waals surface area contributed by atoms with Gasteiger partial charge < -0.3 is 24.4 Å². The number of nitrogens with one attached hydrogen (secondary N) is 1. The lowest BCUT2D eigenvalue weighted by atomic mass is 10.0. The molecule has 1 N–H and O–H groups in total. The molecule has 7 heteroatoms. The number of piperidine rings is 1. The van der Waals surface area contributed by atoms with Crippen molar-refractivity contribution < 1.29 is 23.8 Å². The number of hydrogen-bond donors (Lipinski definition) is 1. The Kier molecular flexibility index (Phi) is 5.77. The molecular formula is C20H28N2O5. The van der Waals surface area contributed by atoms with E-state index < -0.39 is 11.7 Å². The van der Waals surface area contributed by atoms with Gasteiger partial charge in [0.2, 0.25) is 0 Å². The zero-order chi connectivity index (χ0) is 19.4. The monoisotopic (exact) mass is 376 g/mol. The van der Waals surface area contributed by atoms with E-state index in [0.717, 1.165) is 19.3 Å². The van der Waals surface area contributed by atoms with E-state index in [9.17, 15) is 9.59 Å². The summed E-state index contributed by atoms with van der Waals surface area (Å²) < 4.78 is 16.4. The Hall–Kier alpha value is -2.44.